The van der Waals surface area contributed by atoms with E-state index in [0.29, 0.717) is 12.3 Å². The highest BCUT2D eigenvalue weighted by atomic mass is 16.6. The van der Waals surface area contributed by atoms with Crippen LogP contribution in [0.2, 0.25) is 0 Å². The summed E-state index contributed by atoms with van der Waals surface area (Å²) in [6, 6.07) is 6.50. The van der Waals surface area contributed by atoms with Crippen LogP contribution in [-0.4, -0.2) is 29.9 Å². The predicted octanol–water partition coefficient (Wildman–Crippen LogP) is 2.64. The maximum absolute atomic E-state index is 11.6. The van der Waals surface area contributed by atoms with Gasteiger partial charge in [0.2, 0.25) is 6.29 Å². The van der Waals surface area contributed by atoms with Crippen LogP contribution in [0.5, 0.6) is 0 Å². The molecule has 0 unspecified atom stereocenters. The van der Waals surface area contributed by atoms with Crippen molar-refractivity contribution in [2.45, 2.75) is 45.8 Å². The number of amidine groups is 1. The van der Waals surface area contributed by atoms with E-state index in [9.17, 15) is 9.59 Å². The van der Waals surface area contributed by atoms with Crippen molar-refractivity contribution in [1.82, 2.24) is 5.32 Å². The number of anilines is 1. The molecule has 1 aromatic carbocycles. The fourth-order valence-electron chi connectivity index (χ4n) is 1.75. The maximum atomic E-state index is 11.6. The largest absolute Gasteiger partial charge is 0.444 e. The highest BCUT2D eigenvalue weighted by molar-refractivity contribution is 5.90. The van der Waals surface area contributed by atoms with Gasteiger partial charge in [-0.1, -0.05) is 12.1 Å². The van der Waals surface area contributed by atoms with E-state index in [1.54, 1.807) is 34.0 Å². The Hall–Kier alpha value is -2.37. The van der Waals surface area contributed by atoms with Gasteiger partial charge in [-0.05, 0) is 45.4 Å². The molecule has 0 aromatic heterocycles. The van der Waals surface area contributed by atoms with E-state index in [1.807, 2.05) is 24.3 Å². The lowest BCUT2D eigenvalue weighted by atomic mass is 10.1. The average molecular weight is 304 g/mol. The summed E-state index contributed by atoms with van der Waals surface area (Å²) in [5.41, 5.74) is 1.05. The summed E-state index contributed by atoms with van der Waals surface area (Å²) in [7, 11) is 0. The Kier molecular flexibility index (Phi) is 6.10. The van der Waals surface area contributed by atoms with E-state index in [0.717, 1.165) is 11.3 Å². The summed E-state index contributed by atoms with van der Waals surface area (Å²) in [6.07, 6.45) is 1.49. The Morgan fingerprint density at radius 3 is 2.36 bits per heavy atom. The predicted molar refractivity (Wildman–Crippen MR) is 86.0 cm³/mol. The van der Waals surface area contributed by atoms with Crippen molar-refractivity contribution in [2.24, 2.45) is 0 Å². The molecule has 1 atom stereocenters. The molecule has 3 N–H and O–H groups in total. The molecule has 119 valence electrons. The Morgan fingerprint density at radius 1 is 1.32 bits per heavy atom. The minimum Gasteiger partial charge on any atom is -0.444 e. The number of alkyl carbamates (subject to hydrolysis) is 1. The summed E-state index contributed by atoms with van der Waals surface area (Å²) in [4.78, 5) is 22.6. The highest BCUT2D eigenvalue weighted by Gasteiger charge is 2.19. The van der Waals surface area contributed by atoms with E-state index < -0.39 is 17.7 Å². The second kappa shape index (κ2) is 7.59. The second-order valence-corrected chi connectivity index (χ2v) is 5.97. The van der Waals surface area contributed by atoms with Gasteiger partial charge in [-0.2, -0.15) is 0 Å². The Labute approximate surface area is 130 Å². The molecule has 0 heterocycles. The van der Waals surface area contributed by atoms with E-state index in [1.165, 1.54) is 0 Å². The third kappa shape index (κ3) is 6.88. The van der Waals surface area contributed by atoms with Crippen LogP contribution in [0, 0.1) is 5.41 Å². The highest BCUT2D eigenvalue weighted by Crippen LogP contribution is 2.11. The van der Waals surface area contributed by atoms with Crippen molar-refractivity contribution < 1.29 is 14.3 Å². The number of nitrogens with one attached hydrogen (secondary N) is 3. The molecule has 0 aliphatic heterocycles. The summed E-state index contributed by atoms with van der Waals surface area (Å²) < 4.78 is 5.11. The molecule has 0 spiro atoms. The molecule has 0 fully saturated rings. The third-order valence-corrected chi connectivity index (χ3v) is 2.56. The molecule has 1 amide bonds. The monoisotopic (exact) mass is 304 g/mol. The first kappa shape index (κ1) is 17.7. The first-order valence-electron chi connectivity index (χ1n) is 6.98. The van der Waals surface area contributed by atoms with E-state index in [4.69, 9.17) is 10.1 Å². The number of rotatable bonds is 5. The zero-order valence-electron chi connectivity index (χ0n) is 13.3. The molecule has 1 rings (SSSR count). The van der Waals surface area contributed by atoms with Gasteiger partial charge in [0.1, 0.15) is 11.6 Å². The summed E-state index contributed by atoms with van der Waals surface area (Å²) >= 11 is 0. The molecule has 1 aromatic rings. The molecule has 0 aliphatic rings. The topological polar surface area (TPSA) is 91.3 Å². The molecule has 0 bridgehead atoms. The smallest absolute Gasteiger partial charge is 0.408 e. The molecule has 0 saturated carbocycles. The van der Waals surface area contributed by atoms with Gasteiger partial charge >= 0.3 is 6.09 Å². The van der Waals surface area contributed by atoms with Gasteiger partial charge in [0.25, 0.3) is 0 Å². The number of carbonyl (C=O) groups is 1. The van der Waals surface area contributed by atoms with Crippen LogP contribution in [0.25, 0.3) is 0 Å². The normalized spacial score (nSPS) is 12.2. The molecule has 0 aliphatic carbocycles. The van der Waals surface area contributed by atoms with Crippen LogP contribution < -0.4 is 10.6 Å². The number of ether oxygens (including phenoxy) is 1. The molecule has 6 heteroatoms. The van der Waals surface area contributed by atoms with E-state index in [2.05, 4.69) is 10.6 Å². The van der Waals surface area contributed by atoms with Gasteiger partial charge in [0.05, 0.1) is 5.84 Å². The number of hydrogen-bond acceptors (Lipinski definition) is 4. The molecule has 0 saturated heterocycles. The minimum absolute atomic E-state index is 0.326. The van der Waals surface area contributed by atoms with Crippen molar-refractivity contribution in [1.29, 1.82) is 5.41 Å². The van der Waals surface area contributed by atoms with Crippen LogP contribution in [0.4, 0.5) is 10.5 Å². The van der Waals surface area contributed by atoms with Crippen LogP contribution in [0.1, 0.15) is 33.3 Å². The zero-order valence-corrected chi connectivity index (χ0v) is 13.3. The van der Waals surface area contributed by atoms with Crippen molar-refractivity contribution in [2.75, 3.05) is 5.32 Å². The van der Waals surface area contributed by atoms with Crippen LogP contribution in [-0.2, 0) is 16.0 Å². The Bertz CT molecular complexity index is 533. The Balaban J connectivity index is 2.60. The van der Waals surface area contributed by atoms with Gasteiger partial charge < -0.3 is 15.4 Å². The third-order valence-electron chi connectivity index (χ3n) is 2.56. The molecule has 6 nitrogen and oxygen atoms in total. The SMILES string of the molecule is CC(=N)Nc1ccc(C[C@@H]([C]=O)NC(=O)OC(C)(C)C)cc1. The lowest BCUT2D eigenvalue weighted by Crippen LogP contribution is -2.41. The van der Waals surface area contributed by atoms with Crippen LogP contribution in [0.15, 0.2) is 24.3 Å². The summed E-state index contributed by atoms with van der Waals surface area (Å²) in [6.45, 7) is 6.91. The summed E-state index contributed by atoms with van der Waals surface area (Å²) in [5.74, 6) is 0.346. The fraction of sp³-hybridized carbons (Fsp3) is 0.438. The standard InChI is InChI=1S/C16H22N3O3/c1-11(17)18-13-7-5-12(6-8-13)9-14(10-20)19-15(21)22-16(2,3)4/h5-8,14H,9H2,1-4H3,(H2,17,18)(H,19,21)/t14-/m0/s1. The van der Waals surface area contributed by atoms with Gasteiger partial charge in [0.15, 0.2) is 0 Å². The first-order chi connectivity index (χ1) is 10.2. The number of benzene rings is 1. The van der Waals surface area contributed by atoms with Crippen molar-refractivity contribution >= 4 is 23.9 Å². The lowest BCUT2D eigenvalue weighted by molar-refractivity contribution is 0.0517. The quantitative estimate of drug-likeness (QED) is 0.576. The molecule has 1 radical (unpaired) electrons. The fourth-order valence-corrected chi connectivity index (χ4v) is 1.75. The summed E-state index contributed by atoms with van der Waals surface area (Å²) in [5, 5.41) is 12.7. The van der Waals surface area contributed by atoms with Gasteiger partial charge in [-0.25, -0.2) is 4.79 Å². The van der Waals surface area contributed by atoms with Crippen LogP contribution in [0.3, 0.4) is 0 Å². The lowest BCUT2D eigenvalue weighted by Gasteiger charge is -2.21. The number of amides is 1. The molecular formula is C16H22N3O3. The van der Waals surface area contributed by atoms with Gasteiger partial charge in [-0.15, -0.1) is 0 Å². The van der Waals surface area contributed by atoms with E-state index in [-0.39, 0.29) is 0 Å². The van der Waals surface area contributed by atoms with Crippen LogP contribution >= 0.6 is 0 Å². The zero-order chi connectivity index (χ0) is 16.8. The first-order valence-corrected chi connectivity index (χ1v) is 6.98. The van der Waals surface area contributed by atoms with E-state index >= 15 is 0 Å². The number of carbonyl (C=O) groups excluding carboxylic acids is 2. The van der Waals surface area contributed by atoms with Gasteiger partial charge in [0, 0.05) is 12.1 Å². The van der Waals surface area contributed by atoms with Gasteiger partial charge in [-0.3, -0.25) is 10.2 Å². The molecule has 22 heavy (non-hydrogen) atoms. The van der Waals surface area contributed by atoms with Crippen molar-refractivity contribution in [3.05, 3.63) is 29.8 Å². The average Bonchev–Trinajstić information content (AvgIpc) is 2.37. The van der Waals surface area contributed by atoms with Crippen molar-refractivity contribution in [3.8, 4) is 0 Å². The Morgan fingerprint density at radius 2 is 1.91 bits per heavy atom. The maximum Gasteiger partial charge on any atom is 0.408 e. The van der Waals surface area contributed by atoms with Crippen molar-refractivity contribution in [3.63, 3.8) is 0 Å². The second-order valence-electron chi connectivity index (χ2n) is 5.97. The number of hydrogen-bond donors (Lipinski definition) is 3. The minimum atomic E-state index is -0.766. The molecular weight excluding hydrogens is 282 g/mol.